The van der Waals surface area contributed by atoms with Crippen LogP contribution in [0.5, 0.6) is 5.75 Å². The Hall–Kier alpha value is -2.94. The minimum absolute atomic E-state index is 0.0452. The summed E-state index contributed by atoms with van der Waals surface area (Å²) in [5.74, 6) is 1.35. The molecular formula is C28H32N4O3S. The fraction of sp³-hybridized carbons (Fsp3) is 0.429. The number of rotatable bonds is 3. The summed E-state index contributed by atoms with van der Waals surface area (Å²) in [4.78, 5) is 16.6. The van der Waals surface area contributed by atoms with Gasteiger partial charge in [-0.25, -0.2) is 4.98 Å². The van der Waals surface area contributed by atoms with Gasteiger partial charge in [-0.2, -0.15) is 5.06 Å². The fourth-order valence-corrected chi connectivity index (χ4v) is 6.24. The number of oxazole rings is 1. The van der Waals surface area contributed by atoms with Gasteiger partial charge in [0.1, 0.15) is 18.6 Å². The van der Waals surface area contributed by atoms with E-state index in [-0.39, 0.29) is 5.54 Å². The van der Waals surface area contributed by atoms with Crippen molar-refractivity contribution in [3.8, 4) is 38.9 Å². The van der Waals surface area contributed by atoms with Crippen LogP contribution in [-0.2, 0) is 30.8 Å². The van der Waals surface area contributed by atoms with Crippen molar-refractivity contribution in [2.75, 3.05) is 13.7 Å². The van der Waals surface area contributed by atoms with Crippen LogP contribution in [0.1, 0.15) is 50.4 Å². The number of hydroxylamine groups is 2. The van der Waals surface area contributed by atoms with Crippen LogP contribution in [0.25, 0.3) is 33.2 Å². The monoisotopic (exact) mass is 504 g/mol. The molecule has 0 fully saturated rings. The Morgan fingerprint density at radius 3 is 2.69 bits per heavy atom. The van der Waals surface area contributed by atoms with E-state index in [0.717, 1.165) is 50.1 Å². The number of nitrogens with zero attached hydrogens (tertiary/aromatic N) is 4. The molecule has 0 bridgehead atoms. The highest BCUT2D eigenvalue weighted by Crippen LogP contribution is 2.47. The summed E-state index contributed by atoms with van der Waals surface area (Å²) < 4.78 is 13.9. The first-order valence-corrected chi connectivity index (χ1v) is 13.5. The first-order chi connectivity index (χ1) is 17.5. The zero-order valence-corrected chi connectivity index (χ0v) is 22.2. The molecule has 0 N–H and O–H groups in total. The Morgan fingerprint density at radius 2 is 1.97 bits per heavy atom. The van der Waals surface area contributed by atoms with E-state index in [0.29, 0.717) is 12.5 Å². The second kappa shape index (κ2) is 9.18. The molecule has 1 aromatic carbocycles. The van der Waals surface area contributed by atoms with Crippen LogP contribution in [-0.4, -0.2) is 38.8 Å². The number of benzene rings is 1. The van der Waals surface area contributed by atoms with Crippen molar-refractivity contribution >= 4 is 11.3 Å². The van der Waals surface area contributed by atoms with Crippen LogP contribution >= 0.6 is 11.3 Å². The maximum Gasteiger partial charge on any atom is 0.229 e. The van der Waals surface area contributed by atoms with Crippen LogP contribution in [0.15, 0.2) is 40.7 Å². The van der Waals surface area contributed by atoms with Crippen molar-refractivity contribution in [3.05, 3.63) is 53.1 Å². The molecule has 5 heterocycles. The number of aromatic nitrogens is 3. The van der Waals surface area contributed by atoms with Crippen LogP contribution in [0.2, 0.25) is 0 Å². The summed E-state index contributed by atoms with van der Waals surface area (Å²) in [6.45, 7) is 9.07. The second-order valence-corrected chi connectivity index (χ2v) is 11.4. The molecule has 2 aliphatic rings. The highest BCUT2D eigenvalue weighted by Gasteiger charge is 2.32. The van der Waals surface area contributed by atoms with E-state index in [1.54, 1.807) is 30.9 Å². The quantitative estimate of drug-likeness (QED) is 0.323. The lowest BCUT2D eigenvalue weighted by Gasteiger charge is -2.34. The maximum atomic E-state index is 6.51. The number of hydrogen-bond donors (Lipinski definition) is 0. The third-order valence-corrected chi connectivity index (χ3v) is 8.04. The molecule has 0 saturated carbocycles. The molecule has 0 amide bonds. The Labute approximate surface area is 215 Å². The van der Waals surface area contributed by atoms with Gasteiger partial charge in [-0.3, -0.25) is 9.82 Å². The Bertz CT molecular complexity index is 1370. The summed E-state index contributed by atoms with van der Waals surface area (Å²) in [5, 5.41) is 2.16. The Balaban J connectivity index is 1.57. The zero-order valence-electron chi connectivity index (χ0n) is 21.3. The van der Waals surface area contributed by atoms with E-state index in [1.807, 2.05) is 11.7 Å². The standard InChI is InChI=1S/C28H32N4O3S/c1-28(2,3)32-10-6-5-7-19-22(16-35-32)31-11-8-18-13-23(33-4)21(27-30-9-12-34-27)14-20(18)26(31)25(19)24-15-29-17-36-24/h9,12-15,17H,5-8,10-11,16H2,1-4H3. The highest BCUT2D eigenvalue weighted by molar-refractivity contribution is 7.13. The summed E-state index contributed by atoms with van der Waals surface area (Å²) in [6.07, 6.45) is 9.46. The van der Waals surface area contributed by atoms with Gasteiger partial charge >= 0.3 is 0 Å². The predicted molar refractivity (Wildman–Crippen MR) is 141 cm³/mol. The minimum Gasteiger partial charge on any atom is -0.496 e. The number of ether oxygens (including phenoxy) is 1. The van der Waals surface area contributed by atoms with Crippen molar-refractivity contribution in [2.45, 2.75) is 65.1 Å². The SMILES string of the molecule is COc1cc2c(cc1-c1ncco1)-c1c(-c3cncs3)c3c(n1CC2)CON(C(C)(C)C)CCCC3. The molecule has 4 aromatic rings. The largest absolute Gasteiger partial charge is 0.496 e. The third-order valence-electron chi connectivity index (χ3n) is 7.25. The molecule has 0 radical (unpaired) electrons. The third kappa shape index (κ3) is 3.97. The normalized spacial score (nSPS) is 16.4. The molecule has 2 aliphatic heterocycles. The average molecular weight is 505 g/mol. The summed E-state index contributed by atoms with van der Waals surface area (Å²) in [7, 11) is 1.70. The molecule has 36 heavy (non-hydrogen) atoms. The first-order valence-electron chi connectivity index (χ1n) is 12.6. The van der Waals surface area contributed by atoms with Gasteiger partial charge in [0.05, 0.1) is 40.6 Å². The topological polar surface area (TPSA) is 65.5 Å². The predicted octanol–water partition coefficient (Wildman–Crippen LogP) is 6.37. The smallest absolute Gasteiger partial charge is 0.229 e. The number of fused-ring (bicyclic) bond motifs is 5. The molecule has 0 aliphatic carbocycles. The van der Waals surface area contributed by atoms with Crippen LogP contribution in [0.4, 0.5) is 0 Å². The van der Waals surface area contributed by atoms with Gasteiger partial charge in [0, 0.05) is 36.0 Å². The van der Waals surface area contributed by atoms with Gasteiger partial charge in [0.2, 0.25) is 5.89 Å². The molecule has 0 unspecified atom stereocenters. The van der Waals surface area contributed by atoms with Crippen LogP contribution in [0.3, 0.4) is 0 Å². The minimum atomic E-state index is -0.0452. The van der Waals surface area contributed by atoms with E-state index in [4.69, 9.17) is 14.0 Å². The molecule has 0 spiro atoms. The van der Waals surface area contributed by atoms with E-state index in [9.17, 15) is 0 Å². The van der Waals surface area contributed by atoms with Crippen LogP contribution in [0, 0.1) is 0 Å². The van der Waals surface area contributed by atoms with E-state index >= 15 is 0 Å². The molecule has 3 aromatic heterocycles. The van der Waals surface area contributed by atoms with Crippen molar-refractivity contribution in [1.29, 1.82) is 0 Å². The molecule has 0 atom stereocenters. The maximum absolute atomic E-state index is 6.51. The molecule has 188 valence electrons. The van der Waals surface area contributed by atoms with E-state index in [2.05, 4.69) is 52.5 Å². The molecule has 6 rings (SSSR count). The average Bonchev–Trinajstić information content (AvgIpc) is 3.62. The number of thiazole rings is 1. The number of methoxy groups -OCH3 is 1. The number of aryl methyl sites for hydroxylation is 1. The Kier molecular flexibility index (Phi) is 5.98. The van der Waals surface area contributed by atoms with Crippen molar-refractivity contribution in [2.24, 2.45) is 0 Å². The lowest BCUT2D eigenvalue weighted by Crippen LogP contribution is -2.41. The summed E-state index contributed by atoms with van der Waals surface area (Å²) in [6, 6.07) is 4.35. The molecule has 0 saturated heterocycles. The molecular weight excluding hydrogens is 472 g/mol. The van der Waals surface area contributed by atoms with Gasteiger partial charge in [-0.1, -0.05) is 0 Å². The fourth-order valence-electron chi connectivity index (χ4n) is 5.55. The molecule has 8 heteroatoms. The van der Waals surface area contributed by atoms with Gasteiger partial charge in [-0.05, 0) is 69.7 Å². The van der Waals surface area contributed by atoms with Gasteiger partial charge in [0.25, 0.3) is 0 Å². The summed E-state index contributed by atoms with van der Waals surface area (Å²) >= 11 is 1.70. The van der Waals surface area contributed by atoms with Gasteiger partial charge < -0.3 is 13.7 Å². The van der Waals surface area contributed by atoms with E-state index in [1.165, 1.54) is 38.5 Å². The number of hydrogen-bond acceptors (Lipinski definition) is 7. The van der Waals surface area contributed by atoms with Crippen molar-refractivity contribution < 1.29 is 14.0 Å². The van der Waals surface area contributed by atoms with Gasteiger partial charge in [0.15, 0.2) is 0 Å². The van der Waals surface area contributed by atoms with Gasteiger partial charge in [-0.15, -0.1) is 11.3 Å². The zero-order chi connectivity index (χ0) is 24.9. The lowest BCUT2D eigenvalue weighted by atomic mass is 9.92. The highest BCUT2D eigenvalue weighted by atomic mass is 32.1. The van der Waals surface area contributed by atoms with Crippen molar-refractivity contribution in [1.82, 2.24) is 19.6 Å². The summed E-state index contributed by atoms with van der Waals surface area (Å²) in [5.41, 5.74) is 10.4. The van der Waals surface area contributed by atoms with E-state index < -0.39 is 0 Å². The molecule has 7 nitrogen and oxygen atoms in total. The second-order valence-electron chi connectivity index (χ2n) is 10.5. The van der Waals surface area contributed by atoms with Crippen molar-refractivity contribution in [3.63, 3.8) is 0 Å². The first kappa shape index (κ1) is 23.5. The lowest BCUT2D eigenvalue weighted by molar-refractivity contribution is -0.220. The Morgan fingerprint density at radius 1 is 1.08 bits per heavy atom. The van der Waals surface area contributed by atoms with Crippen LogP contribution < -0.4 is 4.74 Å².